The molecule has 0 amide bonds. The van der Waals surface area contributed by atoms with E-state index in [4.69, 9.17) is 15.2 Å². The number of hydrogen-bond donors (Lipinski definition) is 1. The maximum atomic E-state index is 12.4. The molecule has 1 aliphatic carbocycles. The Morgan fingerprint density at radius 2 is 1.90 bits per heavy atom. The summed E-state index contributed by atoms with van der Waals surface area (Å²) in [6.45, 7) is 4.45. The van der Waals surface area contributed by atoms with E-state index in [-0.39, 0.29) is 5.78 Å². The van der Waals surface area contributed by atoms with Gasteiger partial charge in [0.1, 0.15) is 18.1 Å². The molecule has 106 valence electrons. The molecular weight excluding hydrogens is 254 g/mol. The quantitative estimate of drug-likeness (QED) is 0.775. The van der Waals surface area contributed by atoms with E-state index in [0.717, 1.165) is 5.76 Å². The van der Waals surface area contributed by atoms with Crippen LogP contribution < -0.4 is 10.5 Å². The molecule has 1 aromatic carbocycles. The van der Waals surface area contributed by atoms with Gasteiger partial charge >= 0.3 is 0 Å². The second-order valence-corrected chi connectivity index (χ2v) is 5.03. The molecule has 1 aromatic rings. The third kappa shape index (κ3) is 3.27. The van der Waals surface area contributed by atoms with Crippen molar-refractivity contribution in [1.29, 1.82) is 0 Å². The van der Waals surface area contributed by atoms with Crippen LogP contribution in [-0.2, 0) is 4.74 Å². The number of carbonyl (C=O) groups is 1. The lowest BCUT2D eigenvalue weighted by Crippen LogP contribution is -2.35. The number of benzene rings is 1. The van der Waals surface area contributed by atoms with E-state index in [1.54, 1.807) is 38.1 Å². The molecule has 2 rings (SSSR count). The summed E-state index contributed by atoms with van der Waals surface area (Å²) < 4.78 is 11.0. The first kappa shape index (κ1) is 14.3. The van der Waals surface area contributed by atoms with E-state index in [9.17, 15) is 4.79 Å². The summed E-state index contributed by atoms with van der Waals surface area (Å²) in [4.78, 5) is 12.4. The minimum Gasteiger partial charge on any atom is -0.492 e. The van der Waals surface area contributed by atoms with E-state index in [1.807, 2.05) is 18.2 Å². The maximum absolute atomic E-state index is 12.4. The van der Waals surface area contributed by atoms with Gasteiger partial charge in [-0.05, 0) is 50.3 Å². The smallest absolute Gasteiger partial charge is 0.205 e. The van der Waals surface area contributed by atoms with Crippen LogP contribution in [0.3, 0.4) is 0 Å². The number of nitrogens with two attached hydrogens (primary N) is 1. The third-order valence-corrected chi connectivity index (χ3v) is 2.94. The van der Waals surface area contributed by atoms with Gasteiger partial charge in [-0.1, -0.05) is 6.08 Å². The zero-order valence-electron chi connectivity index (χ0n) is 11.8. The summed E-state index contributed by atoms with van der Waals surface area (Å²) in [5.41, 5.74) is 5.07. The van der Waals surface area contributed by atoms with Crippen molar-refractivity contribution in [3.8, 4) is 5.75 Å². The van der Waals surface area contributed by atoms with Gasteiger partial charge in [0.2, 0.25) is 5.78 Å². The molecule has 0 unspecified atom stereocenters. The zero-order chi connectivity index (χ0) is 14.6. The van der Waals surface area contributed by atoms with Gasteiger partial charge in [0.15, 0.2) is 5.60 Å². The van der Waals surface area contributed by atoms with Crippen LogP contribution in [0.2, 0.25) is 0 Å². The minimum atomic E-state index is -0.893. The van der Waals surface area contributed by atoms with Crippen LogP contribution in [0.15, 0.2) is 48.3 Å². The highest BCUT2D eigenvalue weighted by atomic mass is 16.5. The van der Waals surface area contributed by atoms with Gasteiger partial charge < -0.3 is 15.2 Å². The molecule has 2 N–H and O–H groups in total. The summed E-state index contributed by atoms with van der Waals surface area (Å²) in [5, 5.41) is 0. The number of rotatable bonds is 7. The van der Waals surface area contributed by atoms with Crippen molar-refractivity contribution in [3.63, 3.8) is 0 Å². The fourth-order valence-electron chi connectivity index (χ4n) is 1.81. The molecule has 0 fully saturated rings. The standard InChI is InChI=1S/C16H19NO3/c1-16(2,20-14-4-3-5-14)15(18)12-6-8-13(9-7-12)19-11-10-17/h3-9H,10-11,17H2,1-2H3. The normalized spacial score (nSPS) is 13.4. The van der Waals surface area contributed by atoms with Crippen LogP contribution in [0, 0.1) is 0 Å². The van der Waals surface area contributed by atoms with Crippen molar-refractivity contribution in [1.82, 2.24) is 0 Å². The molecule has 0 aliphatic heterocycles. The van der Waals surface area contributed by atoms with Gasteiger partial charge in [-0.15, -0.1) is 0 Å². The second-order valence-electron chi connectivity index (χ2n) is 5.03. The molecule has 1 aliphatic rings. The summed E-state index contributed by atoms with van der Waals surface area (Å²) in [7, 11) is 0. The lowest BCUT2D eigenvalue weighted by atomic mass is 9.96. The highest BCUT2D eigenvalue weighted by Gasteiger charge is 2.31. The van der Waals surface area contributed by atoms with Crippen LogP contribution in [0.1, 0.15) is 24.2 Å². The summed E-state index contributed by atoms with van der Waals surface area (Å²) in [6, 6.07) is 7.01. The average molecular weight is 273 g/mol. The van der Waals surface area contributed by atoms with Crippen molar-refractivity contribution in [2.75, 3.05) is 13.2 Å². The molecule has 4 heteroatoms. The molecule has 0 heterocycles. The SMILES string of the molecule is CC(C)(OC1=CC=C1)C(=O)c1ccc(OCCN)cc1. The number of hydrogen-bond acceptors (Lipinski definition) is 4. The van der Waals surface area contributed by atoms with E-state index in [0.29, 0.717) is 24.5 Å². The number of Topliss-reactive ketones (excluding diaryl/α,β-unsaturated/α-hetero) is 1. The van der Waals surface area contributed by atoms with Crippen molar-refractivity contribution in [2.45, 2.75) is 19.4 Å². The second kappa shape index (κ2) is 5.92. The number of allylic oxidation sites excluding steroid dienone is 3. The fourth-order valence-corrected chi connectivity index (χ4v) is 1.81. The van der Waals surface area contributed by atoms with Crippen molar-refractivity contribution < 1.29 is 14.3 Å². The fraction of sp³-hybridized carbons (Fsp3) is 0.312. The molecular formula is C16H19NO3. The summed E-state index contributed by atoms with van der Waals surface area (Å²) in [6.07, 6.45) is 5.54. The Labute approximate surface area is 118 Å². The van der Waals surface area contributed by atoms with Crippen LogP contribution in [0.25, 0.3) is 0 Å². The Morgan fingerprint density at radius 1 is 1.25 bits per heavy atom. The van der Waals surface area contributed by atoms with E-state index < -0.39 is 5.60 Å². The largest absolute Gasteiger partial charge is 0.492 e. The van der Waals surface area contributed by atoms with Crippen molar-refractivity contribution >= 4 is 5.78 Å². The lowest BCUT2D eigenvalue weighted by Gasteiger charge is -2.27. The monoisotopic (exact) mass is 273 g/mol. The average Bonchev–Trinajstić information content (AvgIpc) is 2.40. The Morgan fingerprint density at radius 3 is 2.40 bits per heavy atom. The van der Waals surface area contributed by atoms with Crippen molar-refractivity contribution in [2.24, 2.45) is 5.73 Å². The van der Waals surface area contributed by atoms with E-state index >= 15 is 0 Å². The summed E-state index contributed by atoms with van der Waals surface area (Å²) >= 11 is 0. The van der Waals surface area contributed by atoms with Gasteiger partial charge in [-0.3, -0.25) is 4.79 Å². The molecule has 0 atom stereocenters. The molecule has 4 nitrogen and oxygen atoms in total. The van der Waals surface area contributed by atoms with Crippen molar-refractivity contribution in [3.05, 3.63) is 53.8 Å². The number of carbonyl (C=O) groups excluding carboxylic acids is 1. The molecule has 0 saturated carbocycles. The van der Waals surface area contributed by atoms with Crippen LogP contribution in [0.5, 0.6) is 5.75 Å². The Hall–Kier alpha value is -2.07. The third-order valence-electron chi connectivity index (χ3n) is 2.94. The Kier molecular flexibility index (Phi) is 4.25. The lowest BCUT2D eigenvalue weighted by molar-refractivity contribution is 0.0324. The molecule has 0 spiro atoms. The van der Waals surface area contributed by atoms with Gasteiger partial charge in [0.25, 0.3) is 0 Å². The Balaban J connectivity index is 2.04. The highest BCUT2D eigenvalue weighted by molar-refractivity contribution is 6.02. The minimum absolute atomic E-state index is 0.0657. The first-order chi connectivity index (χ1) is 9.53. The maximum Gasteiger partial charge on any atom is 0.205 e. The molecule has 0 aromatic heterocycles. The van der Waals surface area contributed by atoms with E-state index in [1.165, 1.54) is 0 Å². The van der Waals surface area contributed by atoms with Gasteiger partial charge in [-0.25, -0.2) is 0 Å². The molecule has 0 radical (unpaired) electrons. The molecule has 20 heavy (non-hydrogen) atoms. The number of ketones is 1. The van der Waals surface area contributed by atoms with Crippen LogP contribution in [0.4, 0.5) is 0 Å². The zero-order valence-corrected chi connectivity index (χ0v) is 11.8. The van der Waals surface area contributed by atoms with Gasteiger partial charge in [-0.2, -0.15) is 0 Å². The molecule has 0 bridgehead atoms. The predicted molar refractivity (Wildman–Crippen MR) is 77.7 cm³/mol. The number of ether oxygens (including phenoxy) is 2. The predicted octanol–water partition coefficient (Wildman–Crippen LogP) is 2.46. The summed E-state index contributed by atoms with van der Waals surface area (Å²) in [5.74, 6) is 1.37. The van der Waals surface area contributed by atoms with E-state index in [2.05, 4.69) is 0 Å². The van der Waals surface area contributed by atoms with Gasteiger partial charge in [0, 0.05) is 12.1 Å². The first-order valence-electron chi connectivity index (χ1n) is 6.58. The Bertz CT molecular complexity index is 541. The highest BCUT2D eigenvalue weighted by Crippen LogP contribution is 2.24. The molecule has 0 saturated heterocycles. The topological polar surface area (TPSA) is 61.5 Å². The van der Waals surface area contributed by atoms with Gasteiger partial charge in [0.05, 0.1) is 0 Å². The van der Waals surface area contributed by atoms with Crippen LogP contribution >= 0.6 is 0 Å². The first-order valence-corrected chi connectivity index (χ1v) is 6.58. The van der Waals surface area contributed by atoms with Crippen LogP contribution in [-0.4, -0.2) is 24.5 Å².